The third kappa shape index (κ3) is 4.12. The van der Waals surface area contributed by atoms with Gasteiger partial charge >= 0.3 is 0 Å². The number of nitrogens with zero attached hydrogens (tertiary/aromatic N) is 5. The summed E-state index contributed by atoms with van der Waals surface area (Å²) >= 11 is 0. The molecular weight excluding hydrogens is 334 g/mol. The van der Waals surface area contributed by atoms with E-state index < -0.39 is 0 Å². The first-order valence-corrected chi connectivity index (χ1v) is 9.68. The monoisotopic (exact) mass is 359 g/mol. The second-order valence-corrected chi connectivity index (χ2v) is 7.09. The molecule has 0 atom stereocenters. The van der Waals surface area contributed by atoms with E-state index in [1.54, 1.807) is 0 Å². The average molecular weight is 359 g/mol. The number of benzene rings is 2. The normalized spacial score (nSPS) is 15.1. The van der Waals surface area contributed by atoms with Crippen molar-refractivity contribution in [3.63, 3.8) is 0 Å². The van der Waals surface area contributed by atoms with Crippen LogP contribution in [0.4, 0.5) is 11.4 Å². The van der Waals surface area contributed by atoms with E-state index in [1.807, 2.05) is 30.6 Å². The Bertz CT molecular complexity index is 931. The quantitative estimate of drug-likeness (QED) is 0.488. The minimum absolute atomic E-state index is 0.724. The van der Waals surface area contributed by atoms with Gasteiger partial charge in [0.1, 0.15) is 0 Å². The zero-order chi connectivity index (χ0) is 18.5. The lowest BCUT2D eigenvalue weighted by atomic mass is 10.2. The first-order chi connectivity index (χ1) is 13.3. The molecule has 0 amide bonds. The maximum Gasteiger partial charge on any atom is 0.189 e. The van der Waals surface area contributed by atoms with Gasteiger partial charge in [-0.05, 0) is 43.7 Å². The molecule has 1 saturated heterocycles. The summed E-state index contributed by atoms with van der Waals surface area (Å²) in [6, 6.07) is 16.3. The van der Waals surface area contributed by atoms with Crippen LogP contribution in [0, 0.1) is 6.57 Å². The van der Waals surface area contributed by atoms with Crippen LogP contribution in [0.25, 0.3) is 15.9 Å². The van der Waals surface area contributed by atoms with Crippen molar-refractivity contribution in [3.8, 4) is 0 Å². The number of unbranched alkanes of at least 4 members (excludes halogenated alkanes) is 1. The number of rotatable bonds is 6. The summed E-state index contributed by atoms with van der Waals surface area (Å²) in [5, 5.41) is 0. The number of para-hydroxylation sites is 2. The van der Waals surface area contributed by atoms with Crippen LogP contribution >= 0.6 is 0 Å². The molecule has 0 saturated carbocycles. The Labute approximate surface area is 160 Å². The third-order valence-corrected chi connectivity index (χ3v) is 5.35. The van der Waals surface area contributed by atoms with Gasteiger partial charge in [-0.15, -0.1) is 0 Å². The van der Waals surface area contributed by atoms with Gasteiger partial charge in [-0.1, -0.05) is 24.3 Å². The summed E-state index contributed by atoms with van der Waals surface area (Å²) in [5.74, 6) is 0. The fourth-order valence-corrected chi connectivity index (χ4v) is 3.79. The number of hydrogen-bond acceptors (Lipinski definition) is 3. The minimum atomic E-state index is 0.724. The molecule has 0 unspecified atom stereocenters. The van der Waals surface area contributed by atoms with Gasteiger partial charge in [0.15, 0.2) is 5.69 Å². The molecule has 0 spiro atoms. The second kappa shape index (κ2) is 8.24. The van der Waals surface area contributed by atoms with E-state index in [0.29, 0.717) is 0 Å². The van der Waals surface area contributed by atoms with Crippen LogP contribution < -0.4 is 4.90 Å². The molecule has 4 rings (SSSR count). The topological polar surface area (TPSA) is 28.7 Å². The van der Waals surface area contributed by atoms with Gasteiger partial charge in [0.2, 0.25) is 0 Å². The number of aromatic nitrogens is 2. The molecule has 0 radical (unpaired) electrons. The van der Waals surface area contributed by atoms with Crippen molar-refractivity contribution in [3.05, 3.63) is 66.3 Å². The Morgan fingerprint density at radius 3 is 2.59 bits per heavy atom. The van der Waals surface area contributed by atoms with Crippen molar-refractivity contribution < 1.29 is 0 Å². The fraction of sp³-hybridized carbons (Fsp3) is 0.364. The van der Waals surface area contributed by atoms with E-state index in [0.717, 1.165) is 50.5 Å². The highest BCUT2D eigenvalue weighted by molar-refractivity contribution is 5.74. The van der Waals surface area contributed by atoms with Crippen molar-refractivity contribution in [1.29, 1.82) is 0 Å². The van der Waals surface area contributed by atoms with Gasteiger partial charge in [-0.25, -0.2) is 9.83 Å². The first kappa shape index (κ1) is 17.6. The van der Waals surface area contributed by atoms with Gasteiger partial charge in [-0.2, -0.15) is 0 Å². The van der Waals surface area contributed by atoms with Crippen LogP contribution in [0.5, 0.6) is 0 Å². The summed E-state index contributed by atoms with van der Waals surface area (Å²) in [6.07, 6.45) is 4.34. The number of aryl methyl sites for hydroxylation is 1. The van der Waals surface area contributed by atoms with E-state index in [2.05, 4.69) is 48.5 Å². The molecule has 1 aromatic heterocycles. The van der Waals surface area contributed by atoms with E-state index in [4.69, 9.17) is 6.57 Å². The smallest absolute Gasteiger partial charge is 0.189 e. The number of anilines is 1. The molecule has 138 valence electrons. The zero-order valence-electron chi connectivity index (χ0n) is 15.6. The predicted octanol–water partition coefficient (Wildman–Crippen LogP) is 4.19. The fourth-order valence-electron chi connectivity index (χ4n) is 3.79. The van der Waals surface area contributed by atoms with Gasteiger partial charge in [0.25, 0.3) is 0 Å². The SMILES string of the molecule is [C-]#[N+]c1cccc(N2CCN(CCCCn3cnc4ccccc43)CC2)c1. The van der Waals surface area contributed by atoms with E-state index in [-0.39, 0.29) is 0 Å². The molecular formula is C22H25N5. The Hall–Kier alpha value is -2.84. The van der Waals surface area contributed by atoms with Gasteiger partial charge < -0.3 is 9.47 Å². The number of piperazine rings is 1. The predicted molar refractivity (Wildman–Crippen MR) is 110 cm³/mol. The molecule has 27 heavy (non-hydrogen) atoms. The van der Waals surface area contributed by atoms with Crippen LogP contribution in [-0.4, -0.2) is 47.2 Å². The highest BCUT2D eigenvalue weighted by atomic mass is 15.3. The Balaban J connectivity index is 1.21. The molecule has 5 heteroatoms. The summed E-state index contributed by atoms with van der Waals surface area (Å²) in [6.45, 7) is 13.6. The van der Waals surface area contributed by atoms with Crippen LogP contribution in [0.15, 0.2) is 54.9 Å². The number of imidazole rings is 1. The van der Waals surface area contributed by atoms with E-state index in [1.165, 1.54) is 24.0 Å². The molecule has 2 aromatic carbocycles. The summed E-state index contributed by atoms with van der Waals surface area (Å²) < 4.78 is 2.26. The van der Waals surface area contributed by atoms with Gasteiger partial charge in [-0.3, -0.25) is 4.90 Å². The molecule has 1 aliphatic rings. The highest BCUT2D eigenvalue weighted by Gasteiger charge is 2.16. The maximum absolute atomic E-state index is 7.17. The lowest BCUT2D eigenvalue weighted by Crippen LogP contribution is -2.46. The zero-order valence-corrected chi connectivity index (χ0v) is 15.6. The average Bonchev–Trinajstić information content (AvgIpc) is 3.15. The Morgan fingerprint density at radius 2 is 1.74 bits per heavy atom. The number of hydrogen-bond donors (Lipinski definition) is 0. The summed E-state index contributed by atoms with van der Waals surface area (Å²) in [5.41, 5.74) is 4.21. The molecule has 1 aliphatic heterocycles. The third-order valence-electron chi connectivity index (χ3n) is 5.35. The molecule has 1 fully saturated rings. The van der Waals surface area contributed by atoms with Crippen molar-refractivity contribution in [2.45, 2.75) is 19.4 Å². The molecule has 3 aromatic rings. The summed E-state index contributed by atoms with van der Waals surface area (Å²) in [4.78, 5) is 13.0. The maximum atomic E-state index is 7.17. The molecule has 5 nitrogen and oxygen atoms in total. The van der Waals surface area contributed by atoms with Gasteiger partial charge in [0, 0.05) is 38.4 Å². The van der Waals surface area contributed by atoms with Gasteiger partial charge in [0.05, 0.1) is 23.9 Å². The first-order valence-electron chi connectivity index (χ1n) is 9.68. The minimum Gasteiger partial charge on any atom is -0.370 e. The van der Waals surface area contributed by atoms with Crippen LogP contribution in [0.1, 0.15) is 12.8 Å². The number of fused-ring (bicyclic) bond motifs is 1. The lowest BCUT2D eigenvalue weighted by molar-refractivity contribution is 0.251. The van der Waals surface area contributed by atoms with Crippen LogP contribution in [-0.2, 0) is 6.54 Å². The molecule has 2 heterocycles. The van der Waals surface area contributed by atoms with E-state index >= 15 is 0 Å². The summed E-state index contributed by atoms with van der Waals surface area (Å²) in [7, 11) is 0. The second-order valence-electron chi connectivity index (χ2n) is 7.09. The standard InChI is InChI=1S/C22H25N5/c1-23-19-7-6-8-20(17-19)26-15-13-25(14-16-26)11-4-5-12-27-18-24-21-9-2-3-10-22(21)27/h2-3,6-10,17-18H,4-5,11-16H2. The molecule has 0 aliphatic carbocycles. The van der Waals surface area contributed by atoms with Crippen molar-refractivity contribution >= 4 is 22.4 Å². The Kier molecular flexibility index (Phi) is 5.36. The van der Waals surface area contributed by atoms with Crippen LogP contribution in [0.2, 0.25) is 0 Å². The molecule has 0 N–H and O–H groups in total. The van der Waals surface area contributed by atoms with Crippen molar-refractivity contribution in [2.75, 3.05) is 37.6 Å². The Morgan fingerprint density at radius 1 is 0.926 bits per heavy atom. The van der Waals surface area contributed by atoms with Crippen LogP contribution in [0.3, 0.4) is 0 Å². The highest BCUT2D eigenvalue weighted by Crippen LogP contribution is 2.22. The lowest BCUT2D eigenvalue weighted by Gasteiger charge is -2.36. The van der Waals surface area contributed by atoms with Crippen molar-refractivity contribution in [1.82, 2.24) is 14.5 Å². The van der Waals surface area contributed by atoms with Crippen molar-refractivity contribution in [2.24, 2.45) is 0 Å². The van der Waals surface area contributed by atoms with E-state index in [9.17, 15) is 0 Å². The molecule has 0 bridgehead atoms. The largest absolute Gasteiger partial charge is 0.370 e.